The van der Waals surface area contributed by atoms with Crippen LogP contribution in [0.2, 0.25) is 0 Å². The van der Waals surface area contributed by atoms with Crippen molar-refractivity contribution in [2.75, 3.05) is 23.8 Å². The minimum atomic E-state index is 0.124. The summed E-state index contributed by atoms with van der Waals surface area (Å²) in [5.74, 6) is 0. The van der Waals surface area contributed by atoms with Crippen LogP contribution in [0.5, 0.6) is 0 Å². The highest BCUT2D eigenvalue weighted by Gasteiger charge is 2.30. The van der Waals surface area contributed by atoms with E-state index in [1.54, 1.807) is 0 Å². The maximum absolute atomic E-state index is 4.91. The fourth-order valence-electron chi connectivity index (χ4n) is 3.64. The van der Waals surface area contributed by atoms with Gasteiger partial charge in [-0.15, -0.1) is 0 Å². The maximum Gasteiger partial charge on any atom is 0.145 e. The fraction of sp³-hybridized carbons (Fsp3) is 0.500. The van der Waals surface area contributed by atoms with Crippen molar-refractivity contribution in [1.82, 2.24) is 14.7 Å². The molecule has 1 aromatic carbocycles. The lowest BCUT2D eigenvalue weighted by Crippen LogP contribution is -2.30. The molecule has 0 saturated carbocycles. The van der Waals surface area contributed by atoms with Crippen LogP contribution < -0.4 is 10.2 Å². The van der Waals surface area contributed by atoms with Crippen molar-refractivity contribution in [3.8, 4) is 0 Å². The van der Waals surface area contributed by atoms with Crippen LogP contribution in [0, 0.1) is 0 Å². The normalized spacial score (nSPS) is 21.0. The summed E-state index contributed by atoms with van der Waals surface area (Å²) in [6.07, 6.45) is 1.29. The first-order valence-electron chi connectivity index (χ1n) is 8.52. The van der Waals surface area contributed by atoms with Gasteiger partial charge in [-0.25, -0.2) is 0 Å². The molecule has 0 amide bonds. The van der Waals surface area contributed by atoms with Crippen LogP contribution in [-0.4, -0.2) is 34.3 Å². The average Bonchev–Trinajstić information content (AvgIpc) is 3.02. The lowest BCUT2D eigenvalue weighted by atomic mass is 10.2. The smallest absolute Gasteiger partial charge is 0.145 e. The number of benzene rings is 1. The number of aryl methyl sites for hydroxylation is 1. The first kappa shape index (κ1) is 14.6. The lowest BCUT2D eigenvalue weighted by Gasteiger charge is -2.23. The Kier molecular flexibility index (Phi) is 3.53. The second-order valence-corrected chi connectivity index (χ2v) is 6.88. The van der Waals surface area contributed by atoms with Crippen LogP contribution in [0.1, 0.15) is 37.8 Å². The van der Waals surface area contributed by atoms with Gasteiger partial charge >= 0.3 is 0 Å². The molecule has 5 heteroatoms. The first-order chi connectivity index (χ1) is 11.1. The molecular formula is C18H25N5. The molecule has 1 N–H and O–H groups in total. The molecule has 0 radical (unpaired) electrons. The van der Waals surface area contributed by atoms with Crippen molar-refractivity contribution < 1.29 is 0 Å². The van der Waals surface area contributed by atoms with Gasteiger partial charge in [0.1, 0.15) is 11.9 Å². The van der Waals surface area contributed by atoms with Crippen molar-refractivity contribution in [1.29, 1.82) is 0 Å². The van der Waals surface area contributed by atoms with Crippen molar-refractivity contribution in [2.24, 2.45) is 0 Å². The van der Waals surface area contributed by atoms with Gasteiger partial charge in [-0.05, 0) is 38.5 Å². The molecule has 122 valence electrons. The molecule has 2 aliphatic rings. The monoisotopic (exact) mass is 311 g/mol. The van der Waals surface area contributed by atoms with E-state index in [2.05, 4.69) is 71.0 Å². The Hall–Kier alpha value is -2.01. The second kappa shape index (κ2) is 5.57. The largest absolute Gasteiger partial charge is 0.358 e. The van der Waals surface area contributed by atoms with Gasteiger partial charge in [-0.3, -0.25) is 9.58 Å². The molecule has 2 aromatic rings. The maximum atomic E-state index is 4.91. The Bertz CT molecular complexity index is 705. The van der Waals surface area contributed by atoms with E-state index in [0.717, 1.165) is 25.3 Å². The quantitative estimate of drug-likeness (QED) is 0.925. The second-order valence-electron chi connectivity index (χ2n) is 6.88. The van der Waals surface area contributed by atoms with E-state index >= 15 is 0 Å². The Morgan fingerprint density at radius 2 is 2.04 bits per heavy atom. The van der Waals surface area contributed by atoms with Crippen molar-refractivity contribution >= 4 is 11.4 Å². The summed E-state index contributed by atoms with van der Waals surface area (Å²) in [6.45, 7) is 7.71. The predicted octanol–water partition coefficient (Wildman–Crippen LogP) is 3.06. The van der Waals surface area contributed by atoms with E-state index in [-0.39, 0.29) is 6.17 Å². The van der Waals surface area contributed by atoms with E-state index in [4.69, 9.17) is 5.10 Å². The molecule has 0 saturated heterocycles. The van der Waals surface area contributed by atoms with E-state index in [0.29, 0.717) is 6.04 Å². The predicted molar refractivity (Wildman–Crippen MR) is 93.6 cm³/mol. The molecule has 23 heavy (non-hydrogen) atoms. The molecule has 2 aliphatic heterocycles. The van der Waals surface area contributed by atoms with E-state index in [9.17, 15) is 0 Å². The zero-order valence-corrected chi connectivity index (χ0v) is 14.2. The number of anilines is 2. The molecule has 4 rings (SSSR count). The standard InChI is InChI=1S/C18H25N5/c1-13(2)22-9-6-10-23-14(12-22)11-16(20-23)18-19-15-7-4-5-8-17(15)21(18)3/h4-5,7-8,11,13,18-19H,6,9-10,12H2,1-3H3. The molecular weight excluding hydrogens is 286 g/mol. The van der Waals surface area contributed by atoms with Crippen LogP contribution in [0.25, 0.3) is 0 Å². The first-order valence-corrected chi connectivity index (χ1v) is 8.52. The Morgan fingerprint density at radius 1 is 1.22 bits per heavy atom. The highest BCUT2D eigenvalue weighted by Crippen LogP contribution is 2.39. The molecule has 1 unspecified atom stereocenters. The third-order valence-corrected chi connectivity index (χ3v) is 5.04. The molecule has 3 heterocycles. The van der Waals surface area contributed by atoms with Gasteiger partial charge in [-0.2, -0.15) is 5.10 Å². The summed E-state index contributed by atoms with van der Waals surface area (Å²) >= 11 is 0. The van der Waals surface area contributed by atoms with Gasteiger partial charge in [0, 0.05) is 32.7 Å². The molecule has 0 bridgehead atoms. The van der Waals surface area contributed by atoms with Crippen molar-refractivity contribution in [2.45, 2.75) is 45.6 Å². The number of aromatic nitrogens is 2. The van der Waals surface area contributed by atoms with Gasteiger partial charge in [0.15, 0.2) is 0 Å². The zero-order valence-electron chi connectivity index (χ0n) is 14.2. The molecule has 5 nitrogen and oxygen atoms in total. The van der Waals surface area contributed by atoms with Crippen molar-refractivity contribution in [3.05, 3.63) is 41.7 Å². The summed E-state index contributed by atoms with van der Waals surface area (Å²) < 4.78 is 2.20. The minimum Gasteiger partial charge on any atom is -0.358 e. The Labute approximate surface area is 137 Å². The lowest BCUT2D eigenvalue weighted by molar-refractivity contribution is 0.216. The van der Waals surface area contributed by atoms with Gasteiger partial charge in [0.25, 0.3) is 0 Å². The average molecular weight is 311 g/mol. The number of nitrogens with one attached hydrogen (secondary N) is 1. The van der Waals surface area contributed by atoms with Crippen LogP contribution in [0.4, 0.5) is 11.4 Å². The van der Waals surface area contributed by atoms with Crippen LogP contribution >= 0.6 is 0 Å². The summed E-state index contributed by atoms with van der Waals surface area (Å²) in [4.78, 5) is 4.81. The van der Waals surface area contributed by atoms with Crippen LogP contribution in [-0.2, 0) is 13.1 Å². The van der Waals surface area contributed by atoms with Gasteiger partial charge < -0.3 is 10.2 Å². The van der Waals surface area contributed by atoms with E-state index < -0.39 is 0 Å². The number of fused-ring (bicyclic) bond motifs is 2. The SMILES string of the molecule is CC(C)N1CCCn2nc(C3Nc4ccccc4N3C)cc2C1. The van der Waals surface area contributed by atoms with Gasteiger partial charge in [0.05, 0.1) is 17.1 Å². The highest BCUT2D eigenvalue weighted by molar-refractivity contribution is 5.75. The zero-order chi connectivity index (χ0) is 16.0. The highest BCUT2D eigenvalue weighted by atomic mass is 15.4. The summed E-state index contributed by atoms with van der Waals surface area (Å²) in [6, 6.07) is 11.3. The molecule has 0 fully saturated rings. The topological polar surface area (TPSA) is 36.3 Å². The number of hydrogen-bond acceptors (Lipinski definition) is 4. The Morgan fingerprint density at radius 3 is 2.83 bits per heavy atom. The number of rotatable bonds is 2. The third kappa shape index (κ3) is 2.49. The number of hydrogen-bond donors (Lipinski definition) is 1. The molecule has 0 spiro atoms. The van der Waals surface area contributed by atoms with Gasteiger partial charge in [0.2, 0.25) is 0 Å². The van der Waals surface area contributed by atoms with E-state index in [1.165, 1.54) is 23.5 Å². The molecule has 0 aliphatic carbocycles. The summed E-state index contributed by atoms with van der Waals surface area (Å²) in [7, 11) is 2.13. The molecule has 1 atom stereocenters. The van der Waals surface area contributed by atoms with Crippen LogP contribution in [0.15, 0.2) is 30.3 Å². The Balaban J connectivity index is 1.62. The van der Waals surface area contributed by atoms with E-state index in [1.807, 2.05) is 0 Å². The van der Waals surface area contributed by atoms with Crippen molar-refractivity contribution in [3.63, 3.8) is 0 Å². The molecule has 1 aromatic heterocycles. The van der Waals surface area contributed by atoms with Crippen LogP contribution in [0.3, 0.4) is 0 Å². The number of nitrogens with zero attached hydrogens (tertiary/aromatic N) is 4. The summed E-state index contributed by atoms with van der Waals surface area (Å²) in [5.41, 5.74) is 4.87. The number of para-hydroxylation sites is 2. The minimum absolute atomic E-state index is 0.124. The fourth-order valence-corrected chi connectivity index (χ4v) is 3.64. The third-order valence-electron chi connectivity index (χ3n) is 5.04. The van der Waals surface area contributed by atoms with Gasteiger partial charge in [-0.1, -0.05) is 12.1 Å². The summed E-state index contributed by atoms with van der Waals surface area (Å²) in [5, 5.41) is 8.50.